The second-order valence-electron chi connectivity index (χ2n) is 5.62. The van der Waals surface area contributed by atoms with Gasteiger partial charge >= 0.3 is 0 Å². The molecule has 4 nitrogen and oxygen atoms in total. The molecule has 0 aliphatic heterocycles. The summed E-state index contributed by atoms with van der Waals surface area (Å²) in [6.07, 6.45) is 3.80. The predicted octanol–water partition coefficient (Wildman–Crippen LogP) is 2.14. The number of carbonyl (C=O) groups excluding carboxylic acids is 1. The highest BCUT2D eigenvalue weighted by molar-refractivity contribution is 5.81. The predicted molar refractivity (Wildman–Crippen MR) is 87.9 cm³/mol. The molecule has 1 rings (SSSR count). The minimum Gasteiger partial charge on any atom is -0.355 e. The first-order valence-electron chi connectivity index (χ1n) is 7.89. The first kappa shape index (κ1) is 17.7. The Bertz CT molecular complexity index is 394. The number of benzene rings is 1. The highest BCUT2D eigenvalue weighted by Crippen LogP contribution is 2.02. The molecule has 1 aromatic rings. The molecular weight excluding hydrogens is 262 g/mol. The Kier molecular flexibility index (Phi) is 8.71. The van der Waals surface area contributed by atoms with E-state index in [9.17, 15) is 4.79 Å². The molecule has 0 bridgehead atoms. The molecule has 0 aliphatic carbocycles. The van der Waals surface area contributed by atoms with Gasteiger partial charge < -0.3 is 16.0 Å². The summed E-state index contributed by atoms with van der Waals surface area (Å²) >= 11 is 0. The van der Waals surface area contributed by atoms with E-state index in [4.69, 9.17) is 5.73 Å². The van der Waals surface area contributed by atoms with Crippen molar-refractivity contribution >= 4 is 5.91 Å². The van der Waals surface area contributed by atoms with Gasteiger partial charge in [-0.15, -0.1) is 0 Å². The fourth-order valence-corrected chi connectivity index (χ4v) is 2.22. The zero-order valence-electron chi connectivity index (χ0n) is 13.3. The normalized spacial score (nSPS) is 12.4. The van der Waals surface area contributed by atoms with Gasteiger partial charge in [0, 0.05) is 13.1 Å². The van der Waals surface area contributed by atoms with E-state index in [2.05, 4.69) is 48.5 Å². The molecule has 3 N–H and O–H groups in total. The van der Waals surface area contributed by atoms with Gasteiger partial charge in [-0.3, -0.25) is 4.79 Å². The fraction of sp³-hybridized carbons (Fsp3) is 0.588. The van der Waals surface area contributed by atoms with E-state index in [1.165, 1.54) is 5.56 Å². The van der Waals surface area contributed by atoms with Crippen molar-refractivity contribution in [2.75, 3.05) is 20.1 Å². The molecule has 0 radical (unpaired) electrons. The molecule has 1 amide bonds. The van der Waals surface area contributed by atoms with Gasteiger partial charge in [0.25, 0.3) is 0 Å². The zero-order valence-corrected chi connectivity index (χ0v) is 13.3. The number of amides is 1. The molecule has 118 valence electrons. The number of rotatable bonds is 10. The van der Waals surface area contributed by atoms with Gasteiger partial charge in [0.15, 0.2) is 0 Å². The van der Waals surface area contributed by atoms with Crippen molar-refractivity contribution in [3.8, 4) is 0 Å². The summed E-state index contributed by atoms with van der Waals surface area (Å²) in [4.78, 5) is 14.0. The van der Waals surface area contributed by atoms with Crippen LogP contribution < -0.4 is 11.1 Å². The second kappa shape index (κ2) is 10.4. The Morgan fingerprint density at radius 2 is 2.00 bits per heavy atom. The van der Waals surface area contributed by atoms with Crippen LogP contribution in [0.15, 0.2) is 30.3 Å². The largest absolute Gasteiger partial charge is 0.355 e. The van der Waals surface area contributed by atoms with Crippen molar-refractivity contribution < 1.29 is 4.79 Å². The zero-order chi connectivity index (χ0) is 15.5. The van der Waals surface area contributed by atoms with E-state index in [1.807, 2.05) is 6.07 Å². The molecule has 0 spiro atoms. The van der Waals surface area contributed by atoms with E-state index in [0.29, 0.717) is 6.54 Å². The number of nitrogens with zero attached hydrogens (tertiary/aromatic N) is 1. The molecule has 1 aromatic carbocycles. The van der Waals surface area contributed by atoms with Gasteiger partial charge in [-0.2, -0.15) is 0 Å². The minimum absolute atomic E-state index is 0.0193. The first-order chi connectivity index (χ1) is 10.1. The van der Waals surface area contributed by atoms with Gasteiger partial charge in [0.1, 0.15) is 0 Å². The number of nitrogens with two attached hydrogens (primary N) is 1. The molecule has 0 saturated carbocycles. The van der Waals surface area contributed by atoms with Crippen molar-refractivity contribution in [1.29, 1.82) is 0 Å². The number of unbranched alkanes of at least 4 members (excludes halogenated alkanes) is 1. The van der Waals surface area contributed by atoms with Crippen LogP contribution in [0.1, 0.15) is 38.2 Å². The van der Waals surface area contributed by atoms with Gasteiger partial charge in [-0.1, -0.05) is 50.1 Å². The molecule has 1 atom stereocenters. The van der Waals surface area contributed by atoms with Crippen LogP contribution >= 0.6 is 0 Å². The molecular formula is C17H29N3O. The average molecular weight is 291 g/mol. The molecule has 0 aromatic heterocycles. The van der Waals surface area contributed by atoms with Gasteiger partial charge in [-0.05, 0) is 32.0 Å². The van der Waals surface area contributed by atoms with E-state index in [1.54, 1.807) is 0 Å². The third-order valence-electron chi connectivity index (χ3n) is 3.52. The van der Waals surface area contributed by atoms with Gasteiger partial charge in [-0.25, -0.2) is 0 Å². The van der Waals surface area contributed by atoms with Crippen molar-refractivity contribution in [2.24, 2.45) is 5.73 Å². The molecule has 21 heavy (non-hydrogen) atoms. The molecule has 4 heteroatoms. The van der Waals surface area contributed by atoms with Crippen LogP contribution in [-0.4, -0.2) is 37.0 Å². The lowest BCUT2D eigenvalue weighted by molar-refractivity contribution is -0.122. The van der Waals surface area contributed by atoms with Crippen molar-refractivity contribution in [1.82, 2.24) is 10.2 Å². The van der Waals surface area contributed by atoms with Crippen molar-refractivity contribution in [3.63, 3.8) is 0 Å². The molecule has 1 unspecified atom stereocenters. The summed E-state index contributed by atoms with van der Waals surface area (Å²) in [6.45, 7) is 4.69. The Morgan fingerprint density at radius 1 is 1.29 bits per heavy atom. The van der Waals surface area contributed by atoms with Crippen molar-refractivity contribution in [2.45, 2.75) is 45.2 Å². The Balaban J connectivity index is 2.11. The second-order valence-corrected chi connectivity index (χ2v) is 5.62. The summed E-state index contributed by atoms with van der Waals surface area (Å²) in [5.41, 5.74) is 7.14. The van der Waals surface area contributed by atoms with Crippen LogP contribution in [0.2, 0.25) is 0 Å². The van der Waals surface area contributed by atoms with E-state index in [0.717, 1.165) is 38.8 Å². The SMILES string of the molecule is CCCCC(N)C(=O)NCCCN(C)Cc1ccccc1. The standard InChI is InChI=1S/C17H29N3O/c1-3-4-11-16(18)17(21)19-12-8-13-20(2)14-15-9-6-5-7-10-15/h5-7,9-10,16H,3-4,8,11-14,18H2,1-2H3,(H,19,21). The third-order valence-corrected chi connectivity index (χ3v) is 3.52. The molecule has 0 saturated heterocycles. The number of hydrogen-bond acceptors (Lipinski definition) is 3. The topological polar surface area (TPSA) is 58.4 Å². The first-order valence-corrected chi connectivity index (χ1v) is 7.89. The third kappa shape index (κ3) is 7.83. The minimum atomic E-state index is -0.355. The van der Waals surface area contributed by atoms with Crippen LogP contribution in [0.4, 0.5) is 0 Å². The maximum atomic E-state index is 11.7. The maximum Gasteiger partial charge on any atom is 0.236 e. The summed E-state index contributed by atoms with van der Waals surface area (Å²) in [5.74, 6) is -0.0193. The summed E-state index contributed by atoms with van der Waals surface area (Å²) < 4.78 is 0. The van der Waals surface area contributed by atoms with Crippen LogP contribution in [0.3, 0.4) is 0 Å². The number of carbonyl (C=O) groups is 1. The summed E-state index contributed by atoms with van der Waals surface area (Å²) in [5, 5.41) is 2.92. The Labute approximate surface area is 128 Å². The Morgan fingerprint density at radius 3 is 2.67 bits per heavy atom. The fourth-order valence-electron chi connectivity index (χ4n) is 2.22. The summed E-state index contributed by atoms with van der Waals surface area (Å²) in [6, 6.07) is 10.0. The smallest absolute Gasteiger partial charge is 0.236 e. The monoisotopic (exact) mass is 291 g/mol. The Hall–Kier alpha value is -1.39. The van der Waals surface area contributed by atoms with E-state index >= 15 is 0 Å². The average Bonchev–Trinajstić information content (AvgIpc) is 2.49. The maximum absolute atomic E-state index is 11.7. The van der Waals surface area contributed by atoms with Crippen LogP contribution in [0, 0.1) is 0 Å². The highest BCUT2D eigenvalue weighted by atomic mass is 16.2. The van der Waals surface area contributed by atoms with E-state index < -0.39 is 0 Å². The quantitative estimate of drug-likeness (QED) is 0.649. The lowest BCUT2D eigenvalue weighted by Gasteiger charge is -2.17. The molecule has 0 fully saturated rings. The van der Waals surface area contributed by atoms with Gasteiger partial charge in [0.2, 0.25) is 5.91 Å². The van der Waals surface area contributed by atoms with Crippen LogP contribution in [-0.2, 0) is 11.3 Å². The van der Waals surface area contributed by atoms with Crippen molar-refractivity contribution in [3.05, 3.63) is 35.9 Å². The lowest BCUT2D eigenvalue weighted by atomic mass is 10.1. The lowest BCUT2D eigenvalue weighted by Crippen LogP contribution is -2.41. The van der Waals surface area contributed by atoms with Crippen LogP contribution in [0.25, 0.3) is 0 Å². The molecule has 0 heterocycles. The van der Waals surface area contributed by atoms with E-state index in [-0.39, 0.29) is 11.9 Å². The summed E-state index contributed by atoms with van der Waals surface area (Å²) in [7, 11) is 2.10. The highest BCUT2D eigenvalue weighted by Gasteiger charge is 2.11. The molecule has 0 aliphatic rings. The number of hydrogen-bond donors (Lipinski definition) is 2. The van der Waals surface area contributed by atoms with Gasteiger partial charge in [0.05, 0.1) is 6.04 Å². The number of nitrogens with one attached hydrogen (secondary N) is 1. The van der Waals surface area contributed by atoms with Crippen LogP contribution in [0.5, 0.6) is 0 Å².